The maximum absolute atomic E-state index is 8.82. The van der Waals surface area contributed by atoms with Gasteiger partial charge in [-0.25, -0.2) is 15.0 Å². The van der Waals surface area contributed by atoms with Crippen LogP contribution in [0.4, 0.5) is 0 Å². The number of nitrogens with zero attached hydrogens (tertiary/aromatic N) is 5. The number of unbranched alkanes of at least 4 members (excludes halogenated alkanes) is 2. The highest BCUT2D eigenvalue weighted by Gasteiger charge is 2.17. The molecule has 1 aromatic rings. The Balaban J connectivity index is 2.93. The first-order valence-corrected chi connectivity index (χ1v) is 10.6. The molecule has 1 rings (SSSR count). The number of methoxy groups -OCH3 is 1. The SMILES string of the molecule is C=NC(=C(/N=C)N(COC)Cc1ccc(OCCCCO)nc1)/C(N)=N\COCCCC. The molecule has 178 valence electrons. The van der Waals surface area contributed by atoms with E-state index in [-0.39, 0.29) is 25.9 Å². The van der Waals surface area contributed by atoms with Gasteiger partial charge in [0.2, 0.25) is 5.88 Å². The molecule has 3 N–H and O–H groups in total. The second kappa shape index (κ2) is 16.8. The van der Waals surface area contributed by atoms with Crippen molar-refractivity contribution in [1.82, 2.24) is 9.88 Å². The van der Waals surface area contributed by atoms with E-state index >= 15 is 0 Å². The number of aliphatic hydroxyl groups excluding tert-OH is 1. The summed E-state index contributed by atoms with van der Waals surface area (Å²) >= 11 is 0. The van der Waals surface area contributed by atoms with Crippen molar-refractivity contribution in [3.63, 3.8) is 0 Å². The molecule has 0 radical (unpaired) electrons. The van der Waals surface area contributed by atoms with E-state index in [1.807, 2.05) is 6.07 Å². The van der Waals surface area contributed by atoms with Gasteiger partial charge in [0.05, 0.1) is 6.61 Å². The molecule has 0 aromatic carbocycles. The third-order valence-electron chi connectivity index (χ3n) is 4.29. The number of aromatic nitrogens is 1. The van der Waals surface area contributed by atoms with Gasteiger partial charge < -0.3 is 30.0 Å². The number of nitrogens with two attached hydrogens (primary N) is 1. The second-order valence-corrected chi connectivity index (χ2v) is 6.82. The normalized spacial score (nSPS) is 12.3. The van der Waals surface area contributed by atoms with E-state index in [2.05, 4.69) is 40.3 Å². The Bertz CT molecular complexity index is 736. The summed E-state index contributed by atoms with van der Waals surface area (Å²) in [6.07, 6.45) is 5.18. The number of hydrogen-bond acceptors (Lipinski definition) is 9. The monoisotopic (exact) mass is 448 g/mol. The fourth-order valence-electron chi connectivity index (χ4n) is 2.63. The maximum Gasteiger partial charge on any atom is 0.213 e. The highest BCUT2D eigenvalue weighted by Crippen LogP contribution is 2.18. The first-order valence-electron chi connectivity index (χ1n) is 10.6. The molecule has 0 aliphatic carbocycles. The average molecular weight is 449 g/mol. The van der Waals surface area contributed by atoms with Crippen molar-refractivity contribution in [2.75, 3.05) is 40.4 Å². The van der Waals surface area contributed by atoms with Gasteiger partial charge in [-0.2, -0.15) is 0 Å². The third-order valence-corrected chi connectivity index (χ3v) is 4.29. The summed E-state index contributed by atoms with van der Waals surface area (Å²) < 4.78 is 16.3. The smallest absolute Gasteiger partial charge is 0.213 e. The lowest BCUT2D eigenvalue weighted by Gasteiger charge is -2.25. The van der Waals surface area contributed by atoms with Crippen molar-refractivity contribution in [3.05, 3.63) is 35.4 Å². The molecule has 0 spiro atoms. The van der Waals surface area contributed by atoms with Crippen LogP contribution in [-0.2, 0) is 16.0 Å². The molecule has 0 unspecified atom stereocenters. The number of rotatable bonds is 18. The van der Waals surface area contributed by atoms with Crippen LogP contribution in [0.5, 0.6) is 5.88 Å². The highest BCUT2D eigenvalue weighted by atomic mass is 16.5. The van der Waals surface area contributed by atoms with Crippen LogP contribution < -0.4 is 10.5 Å². The van der Waals surface area contributed by atoms with Crippen molar-refractivity contribution >= 4 is 19.3 Å². The lowest BCUT2D eigenvalue weighted by atomic mass is 10.2. The van der Waals surface area contributed by atoms with E-state index in [0.717, 1.165) is 24.8 Å². The van der Waals surface area contributed by atoms with Gasteiger partial charge in [-0.05, 0) is 38.3 Å². The van der Waals surface area contributed by atoms with E-state index < -0.39 is 0 Å². The second-order valence-electron chi connectivity index (χ2n) is 6.82. The Kier molecular flexibility index (Phi) is 14.3. The van der Waals surface area contributed by atoms with Crippen molar-refractivity contribution in [2.45, 2.75) is 39.2 Å². The van der Waals surface area contributed by atoms with Gasteiger partial charge in [-0.3, -0.25) is 4.99 Å². The minimum Gasteiger partial charge on any atom is -0.478 e. The van der Waals surface area contributed by atoms with Crippen LogP contribution in [0.15, 0.2) is 44.8 Å². The van der Waals surface area contributed by atoms with Gasteiger partial charge in [-0.15, -0.1) is 0 Å². The quantitative estimate of drug-likeness (QED) is 0.153. The fourth-order valence-corrected chi connectivity index (χ4v) is 2.63. The standard InChI is InChI=1S/C22H36N6O4/c1-5-6-12-31-16-27-21(23)20(24-2)22(25-3)28(17-30-4)15-18-9-10-19(26-14-18)32-13-8-7-11-29/h9-10,14,29H,2-3,5-8,11-13,15-17H2,1,4H3,(H2,23,27)/b22-20-. The molecule has 0 fully saturated rings. The van der Waals surface area contributed by atoms with Crippen LogP contribution in [0.25, 0.3) is 0 Å². The van der Waals surface area contributed by atoms with E-state index in [9.17, 15) is 0 Å². The van der Waals surface area contributed by atoms with Gasteiger partial charge >= 0.3 is 0 Å². The van der Waals surface area contributed by atoms with Crippen LogP contribution in [0.3, 0.4) is 0 Å². The lowest BCUT2D eigenvalue weighted by Crippen LogP contribution is -2.28. The largest absolute Gasteiger partial charge is 0.478 e. The molecule has 1 aromatic heterocycles. The van der Waals surface area contributed by atoms with Gasteiger partial charge in [0.1, 0.15) is 19.2 Å². The molecular weight excluding hydrogens is 412 g/mol. The summed E-state index contributed by atoms with van der Waals surface area (Å²) in [5.74, 6) is 1.07. The summed E-state index contributed by atoms with van der Waals surface area (Å²) in [6, 6.07) is 3.69. The van der Waals surface area contributed by atoms with Crippen LogP contribution >= 0.6 is 0 Å². The molecule has 0 saturated heterocycles. The molecule has 0 aliphatic rings. The predicted octanol–water partition coefficient (Wildman–Crippen LogP) is 2.34. The van der Waals surface area contributed by atoms with Gasteiger partial charge in [0, 0.05) is 39.1 Å². The zero-order chi connectivity index (χ0) is 23.6. The van der Waals surface area contributed by atoms with E-state index in [1.165, 1.54) is 0 Å². The molecule has 0 amide bonds. The molecule has 10 heteroatoms. The van der Waals surface area contributed by atoms with Crippen molar-refractivity contribution < 1.29 is 19.3 Å². The first kappa shape index (κ1) is 27.2. The molecule has 0 atom stereocenters. The van der Waals surface area contributed by atoms with E-state index in [0.29, 0.717) is 43.6 Å². The molecule has 0 aliphatic heterocycles. The summed E-state index contributed by atoms with van der Waals surface area (Å²) in [4.78, 5) is 18.5. The number of amidine groups is 1. The van der Waals surface area contributed by atoms with E-state index in [1.54, 1.807) is 24.3 Å². The summed E-state index contributed by atoms with van der Waals surface area (Å²) in [7, 11) is 1.58. The van der Waals surface area contributed by atoms with Gasteiger partial charge in [0.25, 0.3) is 0 Å². The van der Waals surface area contributed by atoms with Crippen molar-refractivity contribution in [2.24, 2.45) is 20.7 Å². The summed E-state index contributed by atoms with van der Waals surface area (Å²) in [5, 5.41) is 8.82. The Hall–Kier alpha value is -2.82. The highest BCUT2D eigenvalue weighted by molar-refractivity contribution is 5.97. The van der Waals surface area contributed by atoms with Crippen LogP contribution in [0, 0.1) is 0 Å². The first-order chi connectivity index (χ1) is 15.6. The fraction of sp³-hybridized carbons (Fsp3) is 0.545. The average Bonchev–Trinajstić information content (AvgIpc) is 2.80. The Morgan fingerprint density at radius 3 is 2.59 bits per heavy atom. The molecule has 0 bridgehead atoms. The van der Waals surface area contributed by atoms with Crippen LogP contribution in [-0.4, -0.2) is 74.7 Å². The lowest BCUT2D eigenvalue weighted by molar-refractivity contribution is 0.0809. The number of aliphatic hydroxyl groups is 1. The van der Waals surface area contributed by atoms with Crippen LogP contribution in [0.2, 0.25) is 0 Å². The third kappa shape index (κ3) is 9.99. The minimum absolute atomic E-state index is 0.128. The van der Waals surface area contributed by atoms with E-state index in [4.69, 9.17) is 25.1 Å². The van der Waals surface area contributed by atoms with Gasteiger partial charge in [0.15, 0.2) is 11.7 Å². The Labute approximate surface area is 190 Å². The minimum atomic E-state index is 0.128. The zero-order valence-corrected chi connectivity index (χ0v) is 19.2. The number of ether oxygens (including phenoxy) is 3. The zero-order valence-electron chi connectivity index (χ0n) is 19.2. The number of hydrogen-bond donors (Lipinski definition) is 2. The summed E-state index contributed by atoms with van der Waals surface area (Å²) in [6.45, 7) is 11.4. The molecule has 0 saturated carbocycles. The van der Waals surface area contributed by atoms with Crippen LogP contribution in [0.1, 0.15) is 38.2 Å². The molecular formula is C22H36N6O4. The Morgan fingerprint density at radius 1 is 1.19 bits per heavy atom. The molecule has 32 heavy (non-hydrogen) atoms. The number of pyridine rings is 1. The van der Waals surface area contributed by atoms with Crippen molar-refractivity contribution in [1.29, 1.82) is 0 Å². The van der Waals surface area contributed by atoms with Gasteiger partial charge in [-0.1, -0.05) is 19.4 Å². The number of aliphatic imine (C=N–C) groups is 3. The molecule has 10 nitrogen and oxygen atoms in total. The topological polar surface area (TPSA) is 127 Å². The van der Waals surface area contributed by atoms with Crippen molar-refractivity contribution in [3.8, 4) is 5.88 Å². The molecule has 1 heterocycles. The maximum atomic E-state index is 8.82. The predicted molar refractivity (Wildman–Crippen MR) is 127 cm³/mol. The summed E-state index contributed by atoms with van der Waals surface area (Å²) in [5.41, 5.74) is 7.31. The Morgan fingerprint density at radius 2 is 2.00 bits per heavy atom.